The predicted molar refractivity (Wildman–Crippen MR) is 61.3 cm³/mol. The van der Waals surface area contributed by atoms with Crippen LogP contribution in [0.1, 0.15) is 34.1 Å². The van der Waals surface area contributed by atoms with Crippen molar-refractivity contribution in [1.29, 1.82) is 0 Å². The van der Waals surface area contributed by atoms with Gasteiger partial charge in [-0.15, -0.1) is 0 Å². The number of hydrogen-bond donors (Lipinski definition) is 0. The van der Waals surface area contributed by atoms with E-state index in [4.69, 9.17) is 0 Å². The summed E-state index contributed by atoms with van der Waals surface area (Å²) in [7, 11) is -3.43. The van der Waals surface area contributed by atoms with Gasteiger partial charge in [-0.3, -0.25) is 4.79 Å². The third kappa shape index (κ3) is 2.57. The van der Waals surface area contributed by atoms with Crippen molar-refractivity contribution in [1.82, 2.24) is 0 Å². The molecule has 0 N–H and O–H groups in total. The third-order valence-electron chi connectivity index (χ3n) is 2.06. The number of alkyl halides is 1. The zero-order valence-electron chi connectivity index (χ0n) is 9.22. The Morgan fingerprint density at radius 2 is 1.64 bits per heavy atom. The van der Waals surface area contributed by atoms with Crippen LogP contribution < -0.4 is 0 Å². The van der Waals surface area contributed by atoms with Gasteiger partial charge < -0.3 is 0 Å². The van der Waals surface area contributed by atoms with E-state index in [-0.39, 0.29) is 12.2 Å². The van der Waals surface area contributed by atoms with Gasteiger partial charge >= 0.3 is 0 Å². The van der Waals surface area contributed by atoms with Crippen molar-refractivity contribution in [2.45, 2.75) is 37.8 Å². The summed E-state index contributed by atoms with van der Waals surface area (Å²) in [5.41, 5.74) is -0.664. The predicted octanol–water partition coefficient (Wildman–Crippen LogP) is 2.15. The molecule has 0 saturated carbocycles. The quantitative estimate of drug-likeness (QED) is 0.746. The second-order valence-electron chi connectivity index (χ2n) is 4.43. The van der Waals surface area contributed by atoms with E-state index in [1.807, 2.05) is 0 Å². The van der Waals surface area contributed by atoms with Crippen LogP contribution in [0.25, 0.3) is 0 Å². The summed E-state index contributed by atoms with van der Waals surface area (Å²) >= 11 is 3.07. The lowest BCUT2D eigenvalue weighted by Gasteiger charge is -2.29. The molecule has 84 valence electrons. The number of Topliss-reactive ketones (excluding diaryl/α,β-unsaturated/α-hetero) is 1. The highest BCUT2D eigenvalue weighted by Crippen LogP contribution is 2.36. The molecule has 0 aliphatic carbocycles. The van der Waals surface area contributed by atoms with Crippen molar-refractivity contribution in [3.05, 3.63) is 0 Å². The molecule has 0 unspecified atom stereocenters. The maximum Gasteiger partial charge on any atom is 0.184 e. The van der Waals surface area contributed by atoms with Crippen LogP contribution in [0, 0.1) is 5.41 Å². The van der Waals surface area contributed by atoms with E-state index in [9.17, 15) is 13.2 Å². The van der Waals surface area contributed by atoms with Crippen LogP contribution in [0.4, 0.5) is 0 Å². The second kappa shape index (κ2) is 3.93. The summed E-state index contributed by atoms with van der Waals surface area (Å²) in [6.45, 7) is 6.82. The molecule has 0 bridgehead atoms. The Bertz CT molecular complexity index is 326. The molecule has 0 fully saturated rings. The van der Waals surface area contributed by atoms with E-state index >= 15 is 0 Å². The Balaban J connectivity index is 5.42. The highest BCUT2D eigenvalue weighted by atomic mass is 79.9. The molecule has 5 heteroatoms. The number of carbonyl (C=O) groups is 1. The molecular formula is C9H17BrO3S. The first-order chi connectivity index (χ1) is 5.97. The number of ketones is 1. The topological polar surface area (TPSA) is 51.2 Å². The number of halogens is 1. The summed E-state index contributed by atoms with van der Waals surface area (Å²) in [5.74, 6) is -0.296. The second-order valence-corrected chi connectivity index (χ2v) is 8.55. The molecule has 0 aromatic heterocycles. The fourth-order valence-electron chi connectivity index (χ4n) is 1.15. The summed E-state index contributed by atoms with van der Waals surface area (Å²) in [6, 6.07) is 0. The van der Waals surface area contributed by atoms with Gasteiger partial charge in [-0.2, -0.15) is 0 Å². The number of rotatable bonds is 3. The van der Waals surface area contributed by atoms with Crippen LogP contribution in [-0.4, -0.2) is 24.1 Å². The van der Waals surface area contributed by atoms with Gasteiger partial charge in [-0.1, -0.05) is 43.6 Å². The fourth-order valence-corrected chi connectivity index (χ4v) is 2.91. The minimum absolute atomic E-state index is 0.238. The molecule has 0 saturated heterocycles. The molecule has 14 heavy (non-hydrogen) atoms. The minimum Gasteiger partial charge on any atom is -0.296 e. The Labute approximate surface area is 94.3 Å². The van der Waals surface area contributed by atoms with E-state index in [1.165, 1.54) is 0 Å². The van der Waals surface area contributed by atoms with Crippen LogP contribution in [0.5, 0.6) is 0 Å². The van der Waals surface area contributed by atoms with Crippen LogP contribution in [-0.2, 0) is 14.6 Å². The molecule has 0 aliphatic heterocycles. The molecule has 0 aromatic rings. The highest BCUT2D eigenvalue weighted by Gasteiger charge is 2.48. The molecule has 0 heterocycles. The summed E-state index contributed by atoms with van der Waals surface area (Å²) in [4.78, 5) is 11.9. The standard InChI is InChI=1S/C9H17BrO3S/c1-6-9(10,14(5,12)13)7(11)8(2,3)4/h6H2,1-5H3/t9-/m1/s1. The normalized spacial score (nSPS) is 17.6. The summed E-state index contributed by atoms with van der Waals surface area (Å²) in [6.07, 6.45) is 1.32. The van der Waals surface area contributed by atoms with Gasteiger partial charge in [0.05, 0.1) is 0 Å². The van der Waals surface area contributed by atoms with Crippen molar-refractivity contribution in [2.75, 3.05) is 6.26 Å². The van der Waals surface area contributed by atoms with Gasteiger partial charge in [-0.25, -0.2) is 8.42 Å². The maximum atomic E-state index is 11.9. The first-order valence-corrected chi connectivity index (χ1v) is 7.08. The smallest absolute Gasteiger partial charge is 0.184 e. The van der Waals surface area contributed by atoms with Gasteiger partial charge in [-0.05, 0) is 6.42 Å². The van der Waals surface area contributed by atoms with Gasteiger partial charge in [0.15, 0.2) is 19.3 Å². The SMILES string of the molecule is CC[C@](Br)(C(=O)C(C)(C)C)S(C)(=O)=O. The first kappa shape index (κ1) is 14.1. The van der Waals surface area contributed by atoms with E-state index in [0.717, 1.165) is 6.26 Å². The number of hydrogen-bond acceptors (Lipinski definition) is 3. The Morgan fingerprint density at radius 3 is 1.71 bits per heavy atom. The van der Waals surface area contributed by atoms with Crippen molar-refractivity contribution >= 4 is 31.6 Å². The van der Waals surface area contributed by atoms with Crippen molar-refractivity contribution < 1.29 is 13.2 Å². The van der Waals surface area contributed by atoms with Crippen LogP contribution in [0.3, 0.4) is 0 Å². The molecule has 3 nitrogen and oxygen atoms in total. The monoisotopic (exact) mass is 284 g/mol. The summed E-state index contributed by atoms with van der Waals surface area (Å²) in [5, 5.41) is 0. The van der Waals surface area contributed by atoms with E-state index < -0.39 is 18.9 Å². The van der Waals surface area contributed by atoms with Gasteiger partial charge in [0.2, 0.25) is 0 Å². The van der Waals surface area contributed by atoms with Crippen molar-refractivity contribution in [3.63, 3.8) is 0 Å². The fraction of sp³-hybridized carbons (Fsp3) is 0.889. The average Bonchev–Trinajstić information content (AvgIpc) is 1.97. The summed E-state index contributed by atoms with van der Waals surface area (Å²) < 4.78 is 21.6. The number of carbonyl (C=O) groups excluding carboxylic acids is 1. The van der Waals surface area contributed by atoms with Crippen LogP contribution in [0.2, 0.25) is 0 Å². The van der Waals surface area contributed by atoms with Gasteiger partial charge in [0.1, 0.15) is 0 Å². The first-order valence-electron chi connectivity index (χ1n) is 4.40. The van der Waals surface area contributed by atoms with Crippen molar-refractivity contribution in [3.8, 4) is 0 Å². The third-order valence-corrected chi connectivity index (χ3v) is 6.40. The molecule has 0 rings (SSSR count). The highest BCUT2D eigenvalue weighted by molar-refractivity contribution is 9.12. The van der Waals surface area contributed by atoms with Crippen LogP contribution in [0.15, 0.2) is 0 Å². The molecule has 0 aromatic carbocycles. The molecule has 0 amide bonds. The molecule has 0 aliphatic rings. The lowest BCUT2D eigenvalue weighted by Crippen LogP contribution is -2.45. The molecular weight excluding hydrogens is 268 g/mol. The zero-order valence-corrected chi connectivity index (χ0v) is 11.6. The Hall–Kier alpha value is 0.1000. The minimum atomic E-state index is -3.43. The molecule has 1 atom stereocenters. The van der Waals surface area contributed by atoms with Gasteiger partial charge in [0.25, 0.3) is 0 Å². The number of sulfone groups is 1. The van der Waals surface area contributed by atoms with E-state index in [2.05, 4.69) is 15.9 Å². The van der Waals surface area contributed by atoms with E-state index in [0.29, 0.717) is 0 Å². The van der Waals surface area contributed by atoms with E-state index in [1.54, 1.807) is 27.7 Å². The van der Waals surface area contributed by atoms with Crippen LogP contribution >= 0.6 is 15.9 Å². The lowest BCUT2D eigenvalue weighted by atomic mass is 9.88. The Morgan fingerprint density at radius 1 is 1.29 bits per heavy atom. The Kier molecular flexibility index (Phi) is 3.96. The largest absolute Gasteiger partial charge is 0.296 e. The zero-order chi connectivity index (χ0) is 11.8. The average molecular weight is 285 g/mol. The molecule has 0 radical (unpaired) electrons. The van der Waals surface area contributed by atoms with Crippen molar-refractivity contribution in [2.24, 2.45) is 5.41 Å². The van der Waals surface area contributed by atoms with Gasteiger partial charge in [0, 0.05) is 11.7 Å². The maximum absolute atomic E-state index is 11.9. The lowest BCUT2D eigenvalue weighted by molar-refractivity contribution is -0.126. The molecule has 0 spiro atoms.